The highest BCUT2D eigenvalue weighted by molar-refractivity contribution is 5.92. The van der Waals surface area contributed by atoms with E-state index >= 15 is 0 Å². The lowest BCUT2D eigenvalue weighted by Crippen LogP contribution is -2.09. The molecule has 0 amide bonds. The molecule has 0 aliphatic rings. The van der Waals surface area contributed by atoms with Gasteiger partial charge in [0.25, 0.3) is 0 Å². The van der Waals surface area contributed by atoms with E-state index in [0.29, 0.717) is 5.89 Å². The number of hydrogen-bond donors (Lipinski definition) is 0. The van der Waals surface area contributed by atoms with Gasteiger partial charge in [0, 0.05) is 45.8 Å². The number of nitrogens with zero attached hydrogens (tertiary/aromatic N) is 3. The number of fused-ring (bicyclic) bond motifs is 3. The fraction of sp³-hybridized carbons (Fsp3) is 0. The molecule has 11 rings (SSSR count). The van der Waals surface area contributed by atoms with E-state index in [1.54, 1.807) is 0 Å². The Morgan fingerprint density at radius 2 is 0.639 bits per heavy atom. The molecule has 0 fully saturated rings. The van der Waals surface area contributed by atoms with Crippen LogP contribution >= 0.6 is 0 Å². The smallest absolute Gasteiger partial charge is 0.227 e. The number of hydrogen-bond acceptors (Lipinski definition) is 4. The van der Waals surface area contributed by atoms with Crippen LogP contribution in [0.5, 0.6) is 0 Å². The second-order valence-corrected chi connectivity index (χ2v) is 15.3. The summed E-state index contributed by atoms with van der Waals surface area (Å²) in [5.41, 5.74) is 13.5. The number of rotatable bonds is 9. The Morgan fingerprint density at radius 1 is 0.279 bits per heavy atom. The molecule has 0 aliphatic carbocycles. The van der Waals surface area contributed by atoms with Gasteiger partial charge < -0.3 is 14.2 Å². The molecule has 1 heterocycles. The highest BCUT2D eigenvalue weighted by Gasteiger charge is 2.18. The third-order valence-electron chi connectivity index (χ3n) is 11.5. The minimum Gasteiger partial charge on any atom is -0.436 e. The van der Waals surface area contributed by atoms with E-state index in [2.05, 4.69) is 240 Å². The van der Waals surface area contributed by atoms with Crippen LogP contribution in [0.3, 0.4) is 0 Å². The second-order valence-electron chi connectivity index (χ2n) is 15.3. The quantitative estimate of drug-likeness (QED) is 0.146. The summed E-state index contributed by atoms with van der Waals surface area (Å²) in [6.45, 7) is 0. The Balaban J connectivity index is 0.943. The summed E-state index contributed by atoms with van der Waals surface area (Å²) < 4.78 is 6.59. The summed E-state index contributed by atoms with van der Waals surface area (Å²) in [6.07, 6.45) is 0. The maximum atomic E-state index is 6.59. The van der Waals surface area contributed by atoms with E-state index in [9.17, 15) is 0 Å². The SMILES string of the molecule is c1ccc(-c2ccc(N(c3ccc(-c4nc5ccc(N(c6ccc(-c7ccccc7)cc6)c6ccc7ccccc7c6)cc5o4)cc3)c3ccc4ccccc4c3)cc2)cc1. The zero-order chi connectivity index (χ0) is 40.5. The standard InChI is InChI=1S/C57H39N3O/c1-3-11-40(12-4-1)44-19-27-49(28-20-44)59(52-33-23-42-15-7-9-17-47(42)37-52)50-31-25-46(26-32-50)57-58-55-36-35-54(39-56(55)61-57)60(53-34-24-43-16-8-10-18-48(43)38-53)51-29-21-45(22-30-51)41-13-5-2-6-14-41/h1-39H. The van der Waals surface area contributed by atoms with Crippen molar-refractivity contribution in [3.63, 3.8) is 0 Å². The average molecular weight is 782 g/mol. The lowest BCUT2D eigenvalue weighted by atomic mass is 10.0. The van der Waals surface area contributed by atoms with Crippen LogP contribution in [0.4, 0.5) is 34.1 Å². The van der Waals surface area contributed by atoms with Crippen LogP contribution in [0.1, 0.15) is 0 Å². The lowest BCUT2D eigenvalue weighted by Gasteiger charge is -2.26. The van der Waals surface area contributed by atoms with E-state index < -0.39 is 0 Å². The summed E-state index contributed by atoms with van der Waals surface area (Å²) in [4.78, 5) is 9.57. The first-order chi connectivity index (χ1) is 30.2. The maximum absolute atomic E-state index is 6.59. The molecule has 288 valence electrons. The Kier molecular flexibility index (Phi) is 9.14. The van der Waals surface area contributed by atoms with Crippen molar-refractivity contribution in [3.05, 3.63) is 237 Å². The highest BCUT2D eigenvalue weighted by Crippen LogP contribution is 2.41. The fourth-order valence-electron chi connectivity index (χ4n) is 8.32. The van der Waals surface area contributed by atoms with E-state index in [1.165, 1.54) is 43.8 Å². The van der Waals surface area contributed by atoms with Crippen molar-refractivity contribution >= 4 is 66.8 Å². The number of benzene rings is 10. The van der Waals surface area contributed by atoms with Crippen LogP contribution in [0.25, 0.3) is 66.4 Å². The van der Waals surface area contributed by atoms with Crippen molar-refractivity contribution in [2.24, 2.45) is 0 Å². The monoisotopic (exact) mass is 781 g/mol. The molecule has 11 aromatic rings. The predicted molar refractivity (Wildman–Crippen MR) is 255 cm³/mol. The molecule has 0 unspecified atom stereocenters. The minimum absolute atomic E-state index is 0.577. The molecule has 0 N–H and O–H groups in total. The van der Waals surface area contributed by atoms with Gasteiger partial charge in [-0.15, -0.1) is 0 Å². The second kappa shape index (κ2) is 15.5. The van der Waals surface area contributed by atoms with Crippen LogP contribution < -0.4 is 9.80 Å². The Bertz CT molecular complexity index is 3290. The van der Waals surface area contributed by atoms with Gasteiger partial charge in [0.15, 0.2) is 5.58 Å². The summed E-state index contributed by atoms with van der Waals surface area (Å²) in [6, 6.07) is 83.5. The molecule has 1 aromatic heterocycles. The van der Waals surface area contributed by atoms with E-state index in [1.807, 2.05) is 6.07 Å². The Labute approximate surface area is 354 Å². The van der Waals surface area contributed by atoms with Crippen LogP contribution in [0, 0.1) is 0 Å². The third-order valence-corrected chi connectivity index (χ3v) is 11.5. The van der Waals surface area contributed by atoms with E-state index in [-0.39, 0.29) is 0 Å². The van der Waals surface area contributed by atoms with Crippen molar-refractivity contribution in [2.75, 3.05) is 9.80 Å². The molecule has 0 radical (unpaired) electrons. The third kappa shape index (κ3) is 7.07. The van der Waals surface area contributed by atoms with Gasteiger partial charge in [-0.1, -0.05) is 146 Å². The zero-order valence-electron chi connectivity index (χ0n) is 33.3. The van der Waals surface area contributed by atoms with E-state index in [4.69, 9.17) is 9.40 Å². The molecule has 0 spiro atoms. The summed E-state index contributed by atoms with van der Waals surface area (Å²) in [7, 11) is 0. The summed E-state index contributed by atoms with van der Waals surface area (Å²) in [5.74, 6) is 0.577. The molecule has 61 heavy (non-hydrogen) atoms. The van der Waals surface area contributed by atoms with Crippen molar-refractivity contribution in [1.82, 2.24) is 4.98 Å². The topological polar surface area (TPSA) is 32.5 Å². The number of oxazole rings is 1. The largest absolute Gasteiger partial charge is 0.436 e. The van der Waals surface area contributed by atoms with Gasteiger partial charge in [0.05, 0.1) is 0 Å². The maximum Gasteiger partial charge on any atom is 0.227 e. The molecule has 0 saturated heterocycles. The van der Waals surface area contributed by atoms with Gasteiger partial charge in [0.1, 0.15) is 5.52 Å². The molecule has 0 bridgehead atoms. The Hall–Kier alpha value is -8.21. The first-order valence-electron chi connectivity index (χ1n) is 20.6. The molecule has 0 aliphatic heterocycles. The van der Waals surface area contributed by atoms with Crippen LogP contribution in [0.2, 0.25) is 0 Å². The lowest BCUT2D eigenvalue weighted by molar-refractivity contribution is 0.620. The minimum atomic E-state index is 0.577. The molecular weight excluding hydrogens is 743 g/mol. The zero-order valence-corrected chi connectivity index (χ0v) is 33.3. The van der Waals surface area contributed by atoms with Gasteiger partial charge in [-0.3, -0.25) is 0 Å². The first kappa shape index (κ1) is 35.9. The summed E-state index contributed by atoms with van der Waals surface area (Å²) in [5, 5.41) is 4.78. The van der Waals surface area contributed by atoms with Gasteiger partial charge in [0.2, 0.25) is 5.89 Å². The van der Waals surface area contributed by atoms with E-state index in [0.717, 1.165) is 50.8 Å². The van der Waals surface area contributed by atoms with Crippen molar-refractivity contribution < 1.29 is 4.42 Å². The predicted octanol–water partition coefficient (Wildman–Crippen LogP) is 16.1. The van der Waals surface area contributed by atoms with Crippen LogP contribution in [-0.2, 0) is 0 Å². The average Bonchev–Trinajstić information content (AvgIpc) is 3.77. The molecular formula is C57H39N3O. The number of anilines is 6. The van der Waals surface area contributed by atoms with Gasteiger partial charge >= 0.3 is 0 Å². The molecule has 4 heteroatoms. The fourth-order valence-corrected chi connectivity index (χ4v) is 8.32. The molecule has 10 aromatic carbocycles. The summed E-state index contributed by atoms with van der Waals surface area (Å²) >= 11 is 0. The van der Waals surface area contributed by atoms with Gasteiger partial charge in [-0.25, -0.2) is 4.98 Å². The van der Waals surface area contributed by atoms with Crippen LogP contribution in [-0.4, -0.2) is 4.98 Å². The number of aromatic nitrogens is 1. The van der Waals surface area contributed by atoms with Gasteiger partial charge in [-0.05, 0) is 129 Å². The molecule has 0 atom stereocenters. The van der Waals surface area contributed by atoms with Crippen molar-refractivity contribution in [3.8, 4) is 33.7 Å². The van der Waals surface area contributed by atoms with Gasteiger partial charge in [-0.2, -0.15) is 0 Å². The normalized spacial score (nSPS) is 11.3. The molecule has 4 nitrogen and oxygen atoms in total. The van der Waals surface area contributed by atoms with Crippen molar-refractivity contribution in [1.29, 1.82) is 0 Å². The first-order valence-corrected chi connectivity index (χ1v) is 20.6. The molecule has 0 saturated carbocycles. The van der Waals surface area contributed by atoms with Crippen LogP contribution in [0.15, 0.2) is 241 Å². The van der Waals surface area contributed by atoms with Crippen molar-refractivity contribution in [2.45, 2.75) is 0 Å². The highest BCUT2D eigenvalue weighted by atomic mass is 16.3. The Morgan fingerprint density at radius 3 is 1.13 bits per heavy atom.